The van der Waals surface area contributed by atoms with E-state index in [2.05, 4.69) is 10.3 Å². The van der Waals surface area contributed by atoms with Crippen molar-refractivity contribution in [3.8, 4) is 0 Å². The van der Waals surface area contributed by atoms with Crippen LogP contribution in [0.5, 0.6) is 0 Å². The van der Waals surface area contributed by atoms with Crippen molar-refractivity contribution in [1.29, 1.82) is 0 Å². The highest BCUT2D eigenvalue weighted by atomic mass is 32.1. The summed E-state index contributed by atoms with van der Waals surface area (Å²) in [5.41, 5.74) is 1.82. The van der Waals surface area contributed by atoms with Gasteiger partial charge in [-0.15, -0.1) is 22.7 Å². The number of ether oxygens (including phenoxy) is 1. The van der Waals surface area contributed by atoms with E-state index in [-0.39, 0.29) is 28.6 Å². The lowest BCUT2D eigenvalue weighted by Crippen LogP contribution is -2.21. The Bertz CT molecular complexity index is 1570. The number of carbonyl (C=O) groups excluding carboxylic acids is 3. The van der Waals surface area contributed by atoms with Crippen LogP contribution in [0.4, 0.5) is 5.00 Å². The van der Waals surface area contributed by atoms with Crippen LogP contribution in [0.2, 0.25) is 0 Å². The van der Waals surface area contributed by atoms with Gasteiger partial charge in [0.15, 0.2) is 0 Å². The van der Waals surface area contributed by atoms with Gasteiger partial charge in [0, 0.05) is 14.1 Å². The van der Waals surface area contributed by atoms with Gasteiger partial charge in [0.2, 0.25) is 0 Å². The number of nitrogens with one attached hydrogen (secondary N) is 1. The fraction of sp³-hybridized carbons (Fsp3) is 0.269. The van der Waals surface area contributed by atoms with Crippen LogP contribution in [0.1, 0.15) is 53.3 Å². The van der Waals surface area contributed by atoms with Crippen LogP contribution in [0.15, 0.2) is 41.5 Å². The lowest BCUT2D eigenvalue weighted by atomic mass is 10.1. The molecular formula is C26H26N4O5S2. The maximum Gasteiger partial charge on any atom is 0.341 e. The first kappa shape index (κ1) is 26.2. The summed E-state index contributed by atoms with van der Waals surface area (Å²) >= 11 is 2.12. The Morgan fingerprint density at radius 2 is 1.76 bits per heavy atom. The van der Waals surface area contributed by atoms with Crippen molar-refractivity contribution in [3.63, 3.8) is 0 Å². The highest BCUT2D eigenvalue weighted by Gasteiger charge is 2.28. The van der Waals surface area contributed by atoms with Gasteiger partial charge in [0.25, 0.3) is 17.4 Å². The highest BCUT2D eigenvalue weighted by Crippen LogP contribution is 2.36. The predicted octanol–water partition coefficient (Wildman–Crippen LogP) is 4.32. The van der Waals surface area contributed by atoms with Crippen molar-refractivity contribution in [1.82, 2.24) is 14.5 Å². The monoisotopic (exact) mass is 538 g/mol. The van der Waals surface area contributed by atoms with Crippen molar-refractivity contribution in [2.24, 2.45) is 0 Å². The third-order valence-corrected chi connectivity index (χ3v) is 8.17. The number of fused-ring (bicyclic) bond motifs is 1. The normalized spacial score (nSPS) is 10.9. The van der Waals surface area contributed by atoms with E-state index >= 15 is 0 Å². The SMILES string of the molecule is CCOC(=O)c1c(NC(=O)c2sc3ncn(Cc4ccccc4)c(=O)c3c2C)sc(C(=O)N(C)C)c1C. The summed E-state index contributed by atoms with van der Waals surface area (Å²) in [5.74, 6) is -1.40. The van der Waals surface area contributed by atoms with Crippen LogP contribution in [0.3, 0.4) is 0 Å². The minimum absolute atomic E-state index is 0.146. The highest BCUT2D eigenvalue weighted by molar-refractivity contribution is 7.21. The molecule has 37 heavy (non-hydrogen) atoms. The summed E-state index contributed by atoms with van der Waals surface area (Å²) in [4.78, 5) is 58.9. The average Bonchev–Trinajstić information content (AvgIpc) is 3.37. The molecule has 0 spiro atoms. The molecule has 1 aromatic carbocycles. The molecule has 2 amide bonds. The Morgan fingerprint density at radius 1 is 1.05 bits per heavy atom. The molecule has 0 aliphatic rings. The summed E-state index contributed by atoms with van der Waals surface area (Å²) in [6, 6.07) is 9.56. The van der Waals surface area contributed by atoms with Crippen LogP contribution in [-0.2, 0) is 11.3 Å². The van der Waals surface area contributed by atoms with Gasteiger partial charge in [-0.1, -0.05) is 30.3 Å². The standard InChI is InChI=1S/C26H26N4O5S2/c1-6-35-26(34)18-15(3)20(25(33)29(4)5)37-23(18)28-21(31)19-14(2)17-22(36-19)27-13-30(24(17)32)12-16-10-8-7-9-11-16/h7-11,13H,6,12H2,1-5H3,(H,28,31). The molecule has 4 aromatic rings. The number of amides is 2. The number of benzene rings is 1. The summed E-state index contributed by atoms with van der Waals surface area (Å²) in [7, 11) is 3.23. The first-order valence-corrected chi connectivity index (χ1v) is 13.1. The lowest BCUT2D eigenvalue weighted by molar-refractivity contribution is 0.0527. The number of rotatable bonds is 7. The zero-order valence-electron chi connectivity index (χ0n) is 21.1. The van der Waals surface area contributed by atoms with E-state index in [1.807, 2.05) is 30.3 Å². The molecule has 4 rings (SSSR count). The van der Waals surface area contributed by atoms with Gasteiger partial charge < -0.3 is 15.0 Å². The first-order valence-electron chi connectivity index (χ1n) is 11.5. The number of anilines is 1. The van der Waals surface area contributed by atoms with Gasteiger partial charge in [-0.25, -0.2) is 9.78 Å². The second-order valence-electron chi connectivity index (χ2n) is 8.53. The minimum Gasteiger partial charge on any atom is -0.462 e. The maximum atomic E-state index is 13.4. The zero-order chi connectivity index (χ0) is 26.9. The number of esters is 1. The summed E-state index contributed by atoms with van der Waals surface area (Å²) in [5, 5.41) is 3.38. The average molecular weight is 539 g/mol. The van der Waals surface area contributed by atoms with Crippen molar-refractivity contribution in [3.05, 3.63) is 79.0 Å². The van der Waals surface area contributed by atoms with Crippen molar-refractivity contribution < 1.29 is 19.1 Å². The lowest BCUT2D eigenvalue weighted by Gasteiger charge is -2.09. The van der Waals surface area contributed by atoms with Gasteiger partial charge in [0.1, 0.15) is 9.83 Å². The van der Waals surface area contributed by atoms with Gasteiger partial charge >= 0.3 is 5.97 Å². The second kappa shape index (κ2) is 10.7. The van der Waals surface area contributed by atoms with Crippen LogP contribution < -0.4 is 10.9 Å². The van der Waals surface area contributed by atoms with Gasteiger partial charge in [0.05, 0.1) is 40.2 Å². The molecule has 0 aliphatic carbocycles. The van der Waals surface area contributed by atoms with Crippen LogP contribution >= 0.6 is 22.7 Å². The van der Waals surface area contributed by atoms with Gasteiger partial charge in [-0.2, -0.15) is 0 Å². The molecule has 0 saturated carbocycles. The number of carbonyl (C=O) groups is 3. The molecule has 9 nitrogen and oxygen atoms in total. The Labute approximate surface area is 221 Å². The molecular weight excluding hydrogens is 512 g/mol. The number of hydrogen-bond donors (Lipinski definition) is 1. The van der Waals surface area contributed by atoms with E-state index in [1.54, 1.807) is 34.9 Å². The fourth-order valence-electron chi connectivity index (χ4n) is 3.89. The van der Waals surface area contributed by atoms with Gasteiger partial charge in [-0.05, 0) is 37.5 Å². The summed E-state index contributed by atoms with van der Waals surface area (Å²) in [6.45, 7) is 5.55. The van der Waals surface area contributed by atoms with E-state index in [9.17, 15) is 19.2 Å². The minimum atomic E-state index is -0.622. The largest absolute Gasteiger partial charge is 0.462 e. The Hall–Kier alpha value is -3.83. The summed E-state index contributed by atoms with van der Waals surface area (Å²) in [6.07, 6.45) is 1.48. The van der Waals surface area contributed by atoms with Crippen molar-refractivity contribution in [2.75, 3.05) is 26.0 Å². The molecule has 11 heteroatoms. The molecule has 3 heterocycles. The fourth-order valence-corrected chi connectivity index (χ4v) is 6.13. The topological polar surface area (TPSA) is 111 Å². The smallest absolute Gasteiger partial charge is 0.341 e. The van der Waals surface area contributed by atoms with E-state index < -0.39 is 11.9 Å². The molecule has 192 valence electrons. The van der Waals surface area contributed by atoms with E-state index in [0.717, 1.165) is 28.2 Å². The molecule has 0 unspecified atom stereocenters. The summed E-state index contributed by atoms with van der Waals surface area (Å²) < 4.78 is 6.69. The molecule has 0 radical (unpaired) electrons. The molecule has 0 saturated heterocycles. The number of aryl methyl sites for hydroxylation is 1. The van der Waals surface area contributed by atoms with Gasteiger partial charge in [-0.3, -0.25) is 19.0 Å². The third kappa shape index (κ3) is 5.05. The van der Waals surface area contributed by atoms with E-state index in [1.165, 1.54) is 15.8 Å². The number of thiophene rings is 2. The maximum absolute atomic E-state index is 13.4. The zero-order valence-corrected chi connectivity index (χ0v) is 22.7. The second-order valence-corrected chi connectivity index (χ2v) is 10.6. The van der Waals surface area contributed by atoms with Crippen molar-refractivity contribution >= 4 is 55.7 Å². The molecule has 0 bridgehead atoms. The first-order chi connectivity index (χ1) is 17.6. The molecule has 0 atom stereocenters. The van der Waals surface area contributed by atoms with Crippen LogP contribution in [-0.4, -0.2) is 52.9 Å². The Balaban J connectivity index is 1.72. The number of nitrogens with zero attached hydrogens (tertiary/aromatic N) is 3. The molecule has 3 aromatic heterocycles. The Kier molecular flexibility index (Phi) is 7.55. The Morgan fingerprint density at radius 3 is 2.41 bits per heavy atom. The van der Waals surface area contributed by atoms with Crippen molar-refractivity contribution in [2.45, 2.75) is 27.3 Å². The van der Waals surface area contributed by atoms with Crippen LogP contribution in [0, 0.1) is 13.8 Å². The number of aromatic nitrogens is 2. The molecule has 1 N–H and O–H groups in total. The van der Waals surface area contributed by atoms with E-state index in [0.29, 0.717) is 37.6 Å². The third-order valence-electron chi connectivity index (χ3n) is 5.77. The molecule has 0 aliphatic heterocycles. The predicted molar refractivity (Wildman–Crippen MR) is 145 cm³/mol. The molecule has 0 fully saturated rings. The van der Waals surface area contributed by atoms with E-state index in [4.69, 9.17) is 4.74 Å². The van der Waals surface area contributed by atoms with Crippen LogP contribution in [0.25, 0.3) is 10.2 Å². The quantitative estimate of drug-likeness (QED) is 0.351. The number of hydrogen-bond acceptors (Lipinski definition) is 8.